The van der Waals surface area contributed by atoms with Gasteiger partial charge in [-0.1, -0.05) is 19.9 Å². The summed E-state index contributed by atoms with van der Waals surface area (Å²) >= 11 is 0. The largest absolute Gasteiger partial charge is 0.508 e. The number of carbonyl (C=O) groups is 2. The van der Waals surface area contributed by atoms with E-state index in [2.05, 4.69) is 6.58 Å². The van der Waals surface area contributed by atoms with Gasteiger partial charge in [0.25, 0.3) is 0 Å². The fourth-order valence-corrected chi connectivity index (χ4v) is 0.933. The third kappa shape index (κ3) is 10.8. The summed E-state index contributed by atoms with van der Waals surface area (Å²) in [5, 5.41) is 0. The van der Waals surface area contributed by atoms with Crippen LogP contribution in [0.1, 0.15) is 32.6 Å². The van der Waals surface area contributed by atoms with E-state index >= 15 is 0 Å². The summed E-state index contributed by atoms with van der Waals surface area (Å²) < 4.78 is 14.3. The number of ether oxygens (including phenoxy) is 3. The van der Waals surface area contributed by atoms with Gasteiger partial charge in [0.05, 0.1) is 19.8 Å². The van der Waals surface area contributed by atoms with E-state index in [4.69, 9.17) is 14.2 Å². The summed E-state index contributed by atoms with van der Waals surface area (Å²) in [4.78, 5) is 21.6. The van der Waals surface area contributed by atoms with Gasteiger partial charge in [-0.15, -0.1) is 0 Å². The van der Waals surface area contributed by atoms with E-state index in [0.717, 1.165) is 18.9 Å². The molecule has 0 N–H and O–H groups in total. The molecule has 17 heavy (non-hydrogen) atoms. The molecule has 0 radical (unpaired) electrons. The Labute approximate surface area is 102 Å². The molecule has 0 heterocycles. The molecule has 5 nitrogen and oxygen atoms in total. The lowest BCUT2D eigenvalue weighted by Crippen LogP contribution is -2.10. The van der Waals surface area contributed by atoms with Gasteiger partial charge in [-0.25, -0.2) is 9.59 Å². The van der Waals surface area contributed by atoms with Gasteiger partial charge in [-0.05, 0) is 19.3 Å². The zero-order valence-electron chi connectivity index (χ0n) is 10.3. The lowest BCUT2D eigenvalue weighted by atomic mass is 10.3. The Bertz CT molecular complexity index is 237. The number of carbonyl (C=O) groups excluding carboxylic acids is 2. The molecule has 0 fully saturated rings. The molecule has 0 rings (SSSR count). The normalized spacial score (nSPS) is 9.47. The standard InChI is InChI=1S/C12H20O5/c1-3-5-8-16-12(14)17-10-7-6-9-15-11(13)4-2/h4H,2-3,5-10H2,1H3. The predicted molar refractivity (Wildman–Crippen MR) is 62.6 cm³/mol. The zero-order chi connectivity index (χ0) is 12.9. The Morgan fingerprint density at radius 3 is 2.06 bits per heavy atom. The van der Waals surface area contributed by atoms with Crippen LogP contribution in [0.5, 0.6) is 0 Å². The fourth-order valence-electron chi connectivity index (χ4n) is 0.933. The van der Waals surface area contributed by atoms with Crippen LogP contribution < -0.4 is 0 Å². The smallest absolute Gasteiger partial charge is 0.463 e. The molecule has 0 atom stereocenters. The molecule has 0 aromatic heterocycles. The fraction of sp³-hybridized carbons (Fsp3) is 0.667. The molecule has 0 saturated heterocycles. The topological polar surface area (TPSA) is 61.8 Å². The zero-order valence-corrected chi connectivity index (χ0v) is 10.3. The SMILES string of the molecule is C=CC(=O)OCCCCOC(=O)OCCCC. The molecule has 0 saturated carbocycles. The second kappa shape index (κ2) is 11.0. The van der Waals surface area contributed by atoms with Crippen LogP contribution in [-0.4, -0.2) is 31.9 Å². The number of rotatable bonds is 9. The number of hydrogen-bond donors (Lipinski definition) is 0. The van der Waals surface area contributed by atoms with E-state index in [1.165, 1.54) is 0 Å². The summed E-state index contributed by atoms with van der Waals surface area (Å²) in [6.07, 6.45) is 3.56. The van der Waals surface area contributed by atoms with E-state index in [1.54, 1.807) is 0 Å². The molecule has 0 aliphatic rings. The maximum Gasteiger partial charge on any atom is 0.508 e. The van der Waals surface area contributed by atoms with Crippen LogP contribution in [0.25, 0.3) is 0 Å². The van der Waals surface area contributed by atoms with E-state index in [9.17, 15) is 9.59 Å². The minimum absolute atomic E-state index is 0.274. The van der Waals surface area contributed by atoms with Gasteiger partial charge in [0, 0.05) is 6.08 Å². The Balaban J connectivity index is 3.24. The van der Waals surface area contributed by atoms with Gasteiger partial charge in [0.1, 0.15) is 0 Å². The molecule has 0 bridgehead atoms. The van der Waals surface area contributed by atoms with Gasteiger partial charge >= 0.3 is 12.1 Å². The van der Waals surface area contributed by atoms with Crippen molar-refractivity contribution >= 4 is 12.1 Å². The molecule has 98 valence electrons. The molecule has 0 aliphatic heterocycles. The molecule has 0 amide bonds. The third-order valence-electron chi connectivity index (χ3n) is 1.89. The first-order valence-corrected chi connectivity index (χ1v) is 5.79. The van der Waals surface area contributed by atoms with Crippen LogP contribution in [0.2, 0.25) is 0 Å². The summed E-state index contributed by atoms with van der Waals surface area (Å²) in [7, 11) is 0. The highest BCUT2D eigenvalue weighted by Crippen LogP contribution is 1.96. The average Bonchev–Trinajstić information content (AvgIpc) is 2.33. The van der Waals surface area contributed by atoms with Crippen molar-refractivity contribution in [2.24, 2.45) is 0 Å². The van der Waals surface area contributed by atoms with E-state index in [1.807, 2.05) is 6.92 Å². The van der Waals surface area contributed by atoms with Gasteiger partial charge in [-0.2, -0.15) is 0 Å². The Morgan fingerprint density at radius 1 is 1.00 bits per heavy atom. The van der Waals surface area contributed by atoms with Crippen LogP contribution in [0, 0.1) is 0 Å². The van der Waals surface area contributed by atoms with Crippen LogP contribution in [0.15, 0.2) is 12.7 Å². The first kappa shape index (κ1) is 15.5. The second-order valence-electron chi connectivity index (χ2n) is 3.38. The minimum Gasteiger partial charge on any atom is -0.463 e. The number of unbranched alkanes of at least 4 members (excludes halogenated alkanes) is 2. The van der Waals surface area contributed by atoms with Gasteiger partial charge in [-0.3, -0.25) is 0 Å². The highest BCUT2D eigenvalue weighted by molar-refractivity contribution is 5.81. The molecular formula is C12H20O5. The van der Waals surface area contributed by atoms with Crippen LogP contribution in [0.4, 0.5) is 4.79 Å². The van der Waals surface area contributed by atoms with Gasteiger partial charge in [0.2, 0.25) is 0 Å². The molecule has 0 aromatic carbocycles. The summed E-state index contributed by atoms with van der Waals surface area (Å²) in [6.45, 7) is 6.26. The average molecular weight is 244 g/mol. The van der Waals surface area contributed by atoms with Crippen LogP contribution in [0.3, 0.4) is 0 Å². The molecule has 0 aromatic rings. The van der Waals surface area contributed by atoms with Crippen LogP contribution in [-0.2, 0) is 19.0 Å². The second-order valence-corrected chi connectivity index (χ2v) is 3.38. The molecular weight excluding hydrogens is 224 g/mol. The van der Waals surface area contributed by atoms with E-state index in [0.29, 0.717) is 26.1 Å². The highest BCUT2D eigenvalue weighted by atomic mass is 16.7. The van der Waals surface area contributed by atoms with Crippen molar-refractivity contribution < 1.29 is 23.8 Å². The monoisotopic (exact) mass is 244 g/mol. The predicted octanol–water partition coefficient (Wildman–Crippen LogP) is 2.45. The van der Waals surface area contributed by atoms with Crippen LogP contribution >= 0.6 is 0 Å². The third-order valence-corrected chi connectivity index (χ3v) is 1.89. The lowest BCUT2D eigenvalue weighted by Gasteiger charge is -2.05. The minimum atomic E-state index is -0.637. The number of esters is 1. The number of hydrogen-bond acceptors (Lipinski definition) is 5. The van der Waals surface area contributed by atoms with Crippen molar-refractivity contribution in [3.05, 3.63) is 12.7 Å². The van der Waals surface area contributed by atoms with Crippen molar-refractivity contribution in [3.8, 4) is 0 Å². The van der Waals surface area contributed by atoms with Gasteiger partial charge in [0.15, 0.2) is 0 Å². The Morgan fingerprint density at radius 2 is 1.53 bits per heavy atom. The van der Waals surface area contributed by atoms with Gasteiger partial charge < -0.3 is 14.2 Å². The molecule has 0 spiro atoms. The molecule has 0 aliphatic carbocycles. The Kier molecular flexibility index (Phi) is 10.00. The highest BCUT2D eigenvalue weighted by Gasteiger charge is 2.02. The molecule has 0 unspecified atom stereocenters. The first-order valence-electron chi connectivity index (χ1n) is 5.79. The molecule has 5 heteroatoms. The summed E-state index contributed by atoms with van der Waals surface area (Å²) in [5.74, 6) is -0.440. The van der Waals surface area contributed by atoms with Crippen molar-refractivity contribution in [1.82, 2.24) is 0 Å². The van der Waals surface area contributed by atoms with Crippen molar-refractivity contribution in [1.29, 1.82) is 0 Å². The maximum absolute atomic E-state index is 11.0. The van der Waals surface area contributed by atoms with Crippen molar-refractivity contribution in [3.63, 3.8) is 0 Å². The first-order chi connectivity index (χ1) is 8.20. The van der Waals surface area contributed by atoms with Crippen molar-refractivity contribution in [2.45, 2.75) is 32.6 Å². The van der Waals surface area contributed by atoms with E-state index in [-0.39, 0.29) is 6.61 Å². The lowest BCUT2D eigenvalue weighted by molar-refractivity contribution is -0.137. The van der Waals surface area contributed by atoms with Crippen molar-refractivity contribution in [2.75, 3.05) is 19.8 Å². The quantitative estimate of drug-likeness (QED) is 0.354. The maximum atomic E-state index is 11.0. The summed E-state index contributed by atoms with van der Waals surface area (Å²) in [5.41, 5.74) is 0. The van der Waals surface area contributed by atoms with E-state index < -0.39 is 12.1 Å². The Hall–Kier alpha value is -1.52. The summed E-state index contributed by atoms with van der Waals surface area (Å²) in [6, 6.07) is 0.